The Hall–Kier alpha value is -1.55. The van der Waals surface area contributed by atoms with Crippen LogP contribution >= 0.6 is 0 Å². The highest BCUT2D eigenvalue weighted by atomic mass is 16.5. The smallest absolute Gasteiger partial charge is 0.335 e. The highest BCUT2D eigenvalue weighted by molar-refractivity contribution is 5.88. The van der Waals surface area contributed by atoms with Crippen LogP contribution in [0.15, 0.2) is 24.3 Å². The molecule has 4 heteroatoms. The highest BCUT2D eigenvalue weighted by Crippen LogP contribution is 2.31. The third kappa shape index (κ3) is 3.26. The van der Waals surface area contributed by atoms with Crippen molar-refractivity contribution >= 4 is 11.7 Å². The molecule has 1 aromatic rings. The Morgan fingerprint density at radius 2 is 1.79 bits per heavy atom. The van der Waals surface area contributed by atoms with Gasteiger partial charge in [-0.05, 0) is 45.9 Å². The van der Waals surface area contributed by atoms with Gasteiger partial charge in [0.25, 0.3) is 0 Å². The quantitative estimate of drug-likeness (QED) is 0.891. The first-order valence-corrected chi connectivity index (χ1v) is 6.47. The second-order valence-electron chi connectivity index (χ2n) is 6.33. The fourth-order valence-corrected chi connectivity index (χ4v) is 2.81. The molecular formula is C15H21NO3. The standard InChI is InChI=1S/C15H21NO3/c1-14(2)9-16(10-15(3,4)19-14)12-7-5-6-11(8-12)13(17)18/h5-8H,9-10H2,1-4H3,(H,17,18). The number of carboxylic acid groups (broad SMARTS) is 1. The minimum Gasteiger partial charge on any atom is -0.478 e. The summed E-state index contributed by atoms with van der Waals surface area (Å²) in [6.07, 6.45) is 0. The van der Waals surface area contributed by atoms with Crippen molar-refractivity contribution in [2.24, 2.45) is 0 Å². The molecule has 0 aliphatic carbocycles. The van der Waals surface area contributed by atoms with Crippen LogP contribution < -0.4 is 4.90 Å². The number of carbonyl (C=O) groups is 1. The lowest BCUT2D eigenvalue weighted by Gasteiger charge is -2.48. The lowest BCUT2D eigenvalue weighted by molar-refractivity contribution is -0.133. The summed E-state index contributed by atoms with van der Waals surface area (Å²) in [6.45, 7) is 9.73. The van der Waals surface area contributed by atoms with E-state index in [-0.39, 0.29) is 11.2 Å². The van der Waals surface area contributed by atoms with E-state index in [9.17, 15) is 4.79 Å². The van der Waals surface area contributed by atoms with Crippen molar-refractivity contribution in [1.82, 2.24) is 0 Å². The number of carboxylic acids is 1. The Kier molecular flexibility index (Phi) is 3.31. The lowest BCUT2D eigenvalue weighted by atomic mass is 9.98. The second-order valence-corrected chi connectivity index (χ2v) is 6.33. The van der Waals surface area contributed by atoms with Gasteiger partial charge in [0.2, 0.25) is 0 Å². The van der Waals surface area contributed by atoms with Crippen LogP contribution in [0.5, 0.6) is 0 Å². The van der Waals surface area contributed by atoms with Crippen molar-refractivity contribution in [2.45, 2.75) is 38.9 Å². The van der Waals surface area contributed by atoms with Crippen molar-refractivity contribution in [3.8, 4) is 0 Å². The molecule has 2 rings (SSSR count). The zero-order valence-electron chi connectivity index (χ0n) is 11.9. The van der Waals surface area contributed by atoms with Gasteiger partial charge in [-0.3, -0.25) is 0 Å². The Morgan fingerprint density at radius 3 is 2.32 bits per heavy atom. The summed E-state index contributed by atoms with van der Waals surface area (Å²) in [5, 5.41) is 9.07. The molecule has 1 aliphatic rings. The van der Waals surface area contributed by atoms with Crippen LogP contribution in [0.25, 0.3) is 0 Å². The molecule has 0 saturated carbocycles. The molecule has 0 atom stereocenters. The van der Waals surface area contributed by atoms with Crippen molar-refractivity contribution in [3.05, 3.63) is 29.8 Å². The van der Waals surface area contributed by atoms with E-state index in [0.29, 0.717) is 5.56 Å². The van der Waals surface area contributed by atoms with Crippen LogP contribution in [0.4, 0.5) is 5.69 Å². The molecule has 0 aromatic heterocycles. The molecule has 104 valence electrons. The molecule has 1 aromatic carbocycles. The van der Waals surface area contributed by atoms with E-state index in [4.69, 9.17) is 9.84 Å². The van der Waals surface area contributed by atoms with E-state index in [2.05, 4.69) is 32.6 Å². The largest absolute Gasteiger partial charge is 0.478 e. The molecule has 1 aliphatic heterocycles. The normalized spacial score (nSPS) is 21.2. The van der Waals surface area contributed by atoms with Crippen LogP contribution in [-0.4, -0.2) is 35.4 Å². The van der Waals surface area contributed by atoms with Crippen molar-refractivity contribution in [1.29, 1.82) is 0 Å². The topological polar surface area (TPSA) is 49.8 Å². The van der Waals surface area contributed by atoms with Crippen molar-refractivity contribution < 1.29 is 14.6 Å². The summed E-state index contributed by atoms with van der Waals surface area (Å²) < 4.78 is 6.03. The number of benzene rings is 1. The maximum atomic E-state index is 11.0. The average molecular weight is 263 g/mol. The molecule has 19 heavy (non-hydrogen) atoms. The predicted molar refractivity (Wildman–Crippen MR) is 74.9 cm³/mol. The number of rotatable bonds is 2. The lowest BCUT2D eigenvalue weighted by Crippen LogP contribution is -2.57. The second kappa shape index (κ2) is 4.53. The molecule has 4 nitrogen and oxygen atoms in total. The van der Waals surface area contributed by atoms with E-state index in [1.54, 1.807) is 18.2 Å². The molecule has 1 heterocycles. The summed E-state index contributed by atoms with van der Waals surface area (Å²) in [5.41, 5.74) is 0.756. The van der Waals surface area contributed by atoms with Gasteiger partial charge < -0.3 is 14.7 Å². The number of aromatic carboxylic acids is 1. The maximum absolute atomic E-state index is 11.0. The zero-order valence-corrected chi connectivity index (χ0v) is 11.9. The van der Waals surface area contributed by atoms with E-state index in [1.807, 2.05) is 6.07 Å². The molecule has 1 N–H and O–H groups in total. The molecule has 0 spiro atoms. The molecule has 0 unspecified atom stereocenters. The Labute approximate surface area is 114 Å². The monoisotopic (exact) mass is 263 g/mol. The first kappa shape index (κ1) is 13.9. The van der Waals surface area contributed by atoms with Crippen LogP contribution in [-0.2, 0) is 4.74 Å². The molecule has 0 amide bonds. The molecular weight excluding hydrogens is 242 g/mol. The van der Waals surface area contributed by atoms with Gasteiger partial charge >= 0.3 is 5.97 Å². The minimum absolute atomic E-state index is 0.249. The van der Waals surface area contributed by atoms with Gasteiger partial charge in [-0.25, -0.2) is 4.79 Å². The Bertz CT molecular complexity index is 478. The van der Waals surface area contributed by atoms with Gasteiger partial charge in [0.1, 0.15) is 0 Å². The molecule has 0 bridgehead atoms. The summed E-state index contributed by atoms with van der Waals surface area (Å²) in [7, 11) is 0. The Morgan fingerprint density at radius 1 is 1.21 bits per heavy atom. The number of ether oxygens (including phenoxy) is 1. The predicted octanol–water partition coefficient (Wildman–Crippen LogP) is 2.78. The first-order valence-electron chi connectivity index (χ1n) is 6.47. The van der Waals surface area contributed by atoms with Gasteiger partial charge in [0, 0.05) is 18.8 Å². The SMILES string of the molecule is CC1(C)CN(c2cccc(C(=O)O)c2)CC(C)(C)O1. The minimum atomic E-state index is -0.895. The third-order valence-electron chi connectivity index (χ3n) is 3.15. The van der Waals surface area contributed by atoms with E-state index in [0.717, 1.165) is 18.8 Å². The van der Waals surface area contributed by atoms with Gasteiger partial charge in [-0.1, -0.05) is 6.07 Å². The van der Waals surface area contributed by atoms with Gasteiger partial charge in [-0.15, -0.1) is 0 Å². The fourth-order valence-electron chi connectivity index (χ4n) is 2.81. The van der Waals surface area contributed by atoms with Crippen molar-refractivity contribution in [3.63, 3.8) is 0 Å². The molecule has 1 fully saturated rings. The van der Waals surface area contributed by atoms with E-state index in [1.165, 1.54) is 0 Å². The fraction of sp³-hybridized carbons (Fsp3) is 0.533. The summed E-state index contributed by atoms with van der Waals surface area (Å²) >= 11 is 0. The zero-order chi connectivity index (χ0) is 14.3. The van der Waals surface area contributed by atoms with Crippen LogP contribution in [0.3, 0.4) is 0 Å². The number of anilines is 1. The number of hydrogen-bond donors (Lipinski definition) is 1. The summed E-state index contributed by atoms with van der Waals surface area (Å²) in [4.78, 5) is 13.2. The maximum Gasteiger partial charge on any atom is 0.335 e. The number of morpholine rings is 1. The molecule has 0 radical (unpaired) electrons. The first-order chi connectivity index (χ1) is 8.69. The third-order valence-corrected chi connectivity index (χ3v) is 3.15. The highest BCUT2D eigenvalue weighted by Gasteiger charge is 2.38. The van der Waals surface area contributed by atoms with E-state index < -0.39 is 5.97 Å². The van der Waals surface area contributed by atoms with Gasteiger partial charge in [0.15, 0.2) is 0 Å². The van der Waals surface area contributed by atoms with Crippen LogP contribution in [0.2, 0.25) is 0 Å². The van der Waals surface area contributed by atoms with Crippen LogP contribution in [0.1, 0.15) is 38.1 Å². The molecule has 1 saturated heterocycles. The summed E-state index contributed by atoms with van der Waals surface area (Å²) in [6, 6.07) is 7.07. The van der Waals surface area contributed by atoms with Crippen LogP contribution in [0, 0.1) is 0 Å². The summed E-state index contributed by atoms with van der Waals surface area (Å²) in [5.74, 6) is -0.895. The van der Waals surface area contributed by atoms with Crippen molar-refractivity contribution in [2.75, 3.05) is 18.0 Å². The number of nitrogens with zero attached hydrogens (tertiary/aromatic N) is 1. The van der Waals surface area contributed by atoms with E-state index >= 15 is 0 Å². The Balaban J connectivity index is 2.30. The van der Waals surface area contributed by atoms with Gasteiger partial charge in [0.05, 0.1) is 16.8 Å². The number of hydrogen-bond acceptors (Lipinski definition) is 3. The average Bonchev–Trinajstić information content (AvgIpc) is 2.25. The van der Waals surface area contributed by atoms with Gasteiger partial charge in [-0.2, -0.15) is 0 Å².